The van der Waals surface area contributed by atoms with Gasteiger partial charge in [-0.1, -0.05) is 0 Å². The minimum Gasteiger partial charge on any atom is -0.505 e. The van der Waals surface area contributed by atoms with Gasteiger partial charge >= 0.3 is 0 Å². The van der Waals surface area contributed by atoms with Crippen molar-refractivity contribution in [3.05, 3.63) is 29.3 Å². The summed E-state index contributed by atoms with van der Waals surface area (Å²) in [5.74, 6) is -3.73. The summed E-state index contributed by atoms with van der Waals surface area (Å²) in [6.07, 6.45) is -3.11. The summed E-state index contributed by atoms with van der Waals surface area (Å²) in [5, 5.41) is 35.8. The van der Waals surface area contributed by atoms with Gasteiger partial charge in [0.2, 0.25) is 0 Å². The van der Waals surface area contributed by atoms with Crippen LogP contribution >= 0.6 is 0 Å². The quantitative estimate of drug-likeness (QED) is 0.580. The Bertz CT molecular complexity index is 333. The molecular weight excluding hydrogens is 210 g/mol. The fraction of sp³-hybridized carbons (Fsp3) is 0.333. The molecule has 6 heteroatoms. The first-order valence-corrected chi connectivity index (χ1v) is 4.12. The minimum absolute atomic E-state index is 0.215. The number of hydrogen-bond acceptors (Lipinski definition) is 4. The lowest BCUT2D eigenvalue weighted by Gasteiger charge is -2.16. The Morgan fingerprint density at radius 2 is 1.80 bits per heavy atom. The van der Waals surface area contributed by atoms with Crippen LogP contribution < -0.4 is 0 Å². The molecule has 0 amide bonds. The van der Waals surface area contributed by atoms with E-state index in [1.165, 1.54) is 0 Å². The second kappa shape index (κ2) is 4.52. The van der Waals surface area contributed by atoms with Gasteiger partial charge in [-0.2, -0.15) is 4.39 Å². The monoisotopic (exact) mass is 220 g/mol. The van der Waals surface area contributed by atoms with Crippen LogP contribution in [0.5, 0.6) is 5.75 Å². The van der Waals surface area contributed by atoms with E-state index in [4.69, 9.17) is 15.3 Å². The molecule has 0 aromatic heterocycles. The number of halogens is 2. The molecule has 4 N–H and O–H groups in total. The molecule has 4 nitrogen and oxygen atoms in total. The molecule has 2 unspecified atom stereocenters. The first-order chi connectivity index (χ1) is 6.97. The third-order valence-corrected chi connectivity index (χ3v) is 1.92. The highest BCUT2D eigenvalue weighted by Crippen LogP contribution is 2.25. The van der Waals surface area contributed by atoms with Crippen molar-refractivity contribution >= 4 is 0 Å². The molecule has 15 heavy (non-hydrogen) atoms. The molecular formula is C9H10F2O4. The third-order valence-electron chi connectivity index (χ3n) is 1.92. The molecule has 1 aromatic carbocycles. The van der Waals surface area contributed by atoms with Gasteiger partial charge in [-0.3, -0.25) is 0 Å². The van der Waals surface area contributed by atoms with Crippen molar-refractivity contribution in [1.82, 2.24) is 0 Å². The summed E-state index contributed by atoms with van der Waals surface area (Å²) in [4.78, 5) is 0. The molecule has 0 aliphatic rings. The van der Waals surface area contributed by atoms with Crippen LogP contribution in [0, 0.1) is 11.6 Å². The smallest absolute Gasteiger partial charge is 0.200 e. The maximum Gasteiger partial charge on any atom is 0.200 e. The topological polar surface area (TPSA) is 80.9 Å². The molecule has 0 aliphatic heterocycles. The molecule has 0 saturated carbocycles. The van der Waals surface area contributed by atoms with E-state index in [-0.39, 0.29) is 5.56 Å². The van der Waals surface area contributed by atoms with Crippen molar-refractivity contribution in [1.29, 1.82) is 0 Å². The van der Waals surface area contributed by atoms with Gasteiger partial charge in [-0.15, -0.1) is 0 Å². The van der Waals surface area contributed by atoms with Gasteiger partial charge in [0, 0.05) is 0 Å². The normalized spacial score (nSPS) is 15.0. The Labute approximate surface area is 84.0 Å². The summed E-state index contributed by atoms with van der Waals surface area (Å²) in [6, 6.07) is 1.42. The SMILES string of the molecule is OCC(O)C(O)c1cc(O)c(F)c(F)c1. The Balaban J connectivity index is 3.06. The number of aliphatic hydroxyl groups is 3. The largest absolute Gasteiger partial charge is 0.505 e. The molecule has 0 fully saturated rings. The Morgan fingerprint density at radius 3 is 2.27 bits per heavy atom. The number of rotatable bonds is 3. The summed E-state index contributed by atoms with van der Waals surface area (Å²) in [6.45, 7) is -0.735. The zero-order valence-corrected chi connectivity index (χ0v) is 7.56. The number of benzene rings is 1. The fourth-order valence-corrected chi connectivity index (χ4v) is 1.09. The highest BCUT2D eigenvalue weighted by Gasteiger charge is 2.20. The molecule has 2 atom stereocenters. The van der Waals surface area contributed by atoms with Gasteiger partial charge in [0.05, 0.1) is 6.61 Å². The van der Waals surface area contributed by atoms with Gasteiger partial charge in [0.15, 0.2) is 17.4 Å². The average Bonchev–Trinajstić information content (AvgIpc) is 2.23. The highest BCUT2D eigenvalue weighted by molar-refractivity contribution is 5.31. The molecule has 1 rings (SSSR count). The fourth-order valence-electron chi connectivity index (χ4n) is 1.09. The average molecular weight is 220 g/mol. The zero-order valence-electron chi connectivity index (χ0n) is 7.56. The maximum absolute atomic E-state index is 12.8. The summed E-state index contributed by atoms with van der Waals surface area (Å²) in [7, 11) is 0. The Kier molecular flexibility index (Phi) is 3.57. The molecule has 0 radical (unpaired) electrons. The predicted molar refractivity (Wildman–Crippen MR) is 46.1 cm³/mol. The predicted octanol–water partition coefficient (Wildman–Crippen LogP) is 0.0570. The van der Waals surface area contributed by atoms with Crippen LogP contribution in [-0.2, 0) is 0 Å². The van der Waals surface area contributed by atoms with Crippen molar-refractivity contribution in [2.75, 3.05) is 6.61 Å². The van der Waals surface area contributed by atoms with E-state index < -0.39 is 36.2 Å². The highest BCUT2D eigenvalue weighted by atomic mass is 19.2. The van der Waals surface area contributed by atoms with Gasteiger partial charge in [-0.25, -0.2) is 4.39 Å². The van der Waals surface area contributed by atoms with Crippen LogP contribution in [-0.4, -0.2) is 33.1 Å². The van der Waals surface area contributed by atoms with E-state index >= 15 is 0 Å². The first-order valence-electron chi connectivity index (χ1n) is 4.12. The van der Waals surface area contributed by atoms with Crippen molar-refractivity contribution in [2.45, 2.75) is 12.2 Å². The number of phenolic OH excluding ortho intramolecular Hbond substituents is 1. The molecule has 0 heterocycles. The van der Waals surface area contributed by atoms with Crippen LogP contribution in [0.2, 0.25) is 0 Å². The van der Waals surface area contributed by atoms with Crippen LogP contribution in [0.1, 0.15) is 11.7 Å². The Morgan fingerprint density at radius 1 is 1.20 bits per heavy atom. The molecule has 1 aromatic rings. The van der Waals surface area contributed by atoms with E-state index in [0.29, 0.717) is 6.07 Å². The van der Waals surface area contributed by atoms with Crippen molar-refractivity contribution < 1.29 is 29.2 Å². The van der Waals surface area contributed by atoms with Crippen molar-refractivity contribution in [2.24, 2.45) is 0 Å². The first kappa shape index (κ1) is 11.8. The van der Waals surface area contributed by atoms with Gasteiger partial charge < -0.3 is 20.4 Å². The molecule has 0 spiro atoms. The number of aliphatic hydroxyl groups excluding tert-OH is 3. The van der Waals surface area contributed by atoms with E-state index in [1.54, 1.807) is 0 Å². The minimum atomic E-state index is -1.59. The molecule has 0 aliphatic carbocycles. The molecule has 0 bridgehead atoms. The van der Waals surface area contributed by atoms with E-state index in [2.05, 4.69) is 0 Å². The van der Waals surface area contributed by atoms with Crippen LogP contribution in [0.15, 0.2) is 12.1 Å². The van der Waals surface area contributed by atoms with Gasteiger partial charge in [0.1, 0.15) is 12.2 Å². The lowest BCUT2D eigenvalue weighted by Crippen LogP contribution is -2.22. The van der Waals surface area contributed by atoms with Gasteiger partial charge in [-0.05, 0) is 17.7 Å². The van der Waals surface area contributed by atoms with Crippen molar-refractivity contribution in [3.63, 3.8) is 0 Å². The van der Waals surface area contributed by atoms with Crippen LogP contribution in [0.25, 0.3) is 0 Å². The number of hydrogen-bond donors (Lipinski definition) is 4. The van der Waals surface area contributed by atoms with Crippen LogP contribution in [0.4, 0.5) is 8.78 Å². The second-order valence-electron chi connectivity index (χ2n) is 3.03. The lowest BCUT2D eigenvalue weighted by molar-refractivity contribution is -0.0155. The van der Waals surface area contributed by atoms with E-state index in [1.807, 2.05) is 0 Å². The third kappa shape index (κ3) is 2.41. The van der Waals surface area contributed by atoms with Gasteiger partial charge in [0.25, 0.3) is 0 Å². The zero-order chi connectivity index (χ0) is 11.6. The summed E-state index contributed by atoms with van der Waals surface area (Å²) < 4.78 is 25.4. The van der Waals surface area contributed by atoms with E-state index in [0.717, 1.165) is 6.07 Å². The Hall–Kier alpha value is -1.24. The number of aromatic hydroxyl groups is 1. The van der Waals surface area contributed by atoms with Crippen molar-refractivity contribution in [3.8, 4) is 5.75 Å². The molecule has 84 valence electrons. The summed E-state index contributed by atoms with van der Waals surface area (Å²) in [5.41, 5.74) is -0.215. The lowest BCUT2D eigenvalue weighted by atomic mass is 10.0. The van der Waals surface area contributed by atoms with Crippen LogP contribution in [0.3, 0.4) is 0 Å². The maximum atomic E-state index is 12.8. The van der Waals surface area contributed by atoms with E-state index in [9.17, 15) is 13.9 Å². The summed E-state index contributed by atoms with van der Waals surface area (Å²) >= 11 is 0. The second-order valence-corrected chi connectivity index (χ2v) is 3.03. The standard InChI is InChI=1S/C9H10F2O4/c10-5-1-4(2-6(13)8(5)11)9(15)7(14)3-12/h1-2,7,9,12-15H,3H2. The number of phenols is 1. The molecule has 0 saturated heterocycles.